The topological polar surface area (TPSA) is 82.9 Å². The van der Waals surface area contributed by atoms with Gasteiger partial charge in [-0.3, -0.25) is 0 Å². The van der Waals surface area contributed by atoms with E-state index < -0.39 is 9.84 Å². The van der Waals surface area contributed by atoms with Crippen molar-refractivity contribution < 1.29 is 8.42 Å². The zero-order valence-electron chi connectivity index (χ0n) is 8.09. The van der Waals surface area contributed by atoms with Crippen molar-refractivity contribution in [1.29, 1.82) is 0 Å². The molecular weight excluding hydrogens is 202 g/mol. The molecule has 0 N–H and O–H groups in total. The van der Waals surface area contributed by atoms with E-state index in [9.17, 15) is 8.42 Å². The molecule has 14 heavy (non-hydrogen) atoms. The molecule has 0 radical (unpaired) electrons. The Kier molecular flexibility index (Phi) is 4.22. The summed E-state index contributed by atoms with van der Waals surface area (Å²) in [5.41, 5.74) is 8.02. The van der Waals surface area contributed by atoms with Crippen LogP contribution in [-0.2, 0) is 9.84 Å². The van der Waals surface area contributed by atoms with Gasteiger partial charge in [0.05, 0.1) is 11.0 Å². The zero-order chi connectivity index (χ0) is 10.4. The molecule has 5 nitrogen and oxygen atoms in total. The highest BCUT2D eigenvalue weighted by Crippen LogP contribution is 2.25. The van der Waals surface area contributed by atoms with Crippen LogP contribution in [-0.4, -0.2) is 26.0 Å². The lowest BCUT2D eigenvalue weighted by Gasteiger charge is -2.09. The van der Waals surface area contributed by atoms with Crippen LogP contribution >= 0.6 is 0 Å². The minimum atomic E-state index is -2.92. The van der Waals surface area contributed by atoms with Crippen LogP contribution in [0.3, 0.4) is 0 Å². The molecule has 0 spiro atoms. The standard InChI is InChI=1S/C8H15N3O2S/c9-11-10-6-3-7-14(12,13)8-4-1-2-5-8/h8H,1-7H2. The van der Waals surface area contributed by atoms with Gasteiger partial charge in [0, 0.05) is 11.5 Å². The molecule has 0 unspecified atom stereocenters. The molecule has 6 heteroatoms. The molecule has 0 aromatic carbocycles. The lowest BCUT2D eigenvalue weighted by Crippen LogP contribution is -2.21. The fourth-order valence-corrected chi connectivity index (χ4v) is 3.71. The Hall–Kier alpha value is -0.740. The van der Waals surface area contributed by atoms with Crippen molar-refractivity contribution in [2.24, 2.45) is 5.11 Å². The molecule has 1 saturated carbocycles. The molecule has 0 amide bonds. The van der Waals surface area contributed by atoms with Crippen molar-refractivity contribution in [2.45, 2.75) is 37.4 Å². The van der Waals surface area contributed by atoms with Crippen LogP contribution < -0.4 is 0 Å². The van der Waals surface area contributed by atoms with Gasteiger partial charge in [-0.15, -0.1) is 0 Å². The Morgan fingerprint density at radius 3 is 2.57 bits per heavy atom. The van der Waals surface area contributed by atoms with Gasteiger partial charge < -0.3 is 0 Å². The van der Waals surface area contributed by atoms with Crippen LogP contribution in [0.5, 0.6) is 0 Å². The summed E-state index contributed by atoms with van der Waals surface area (Å²) in [6.45, 7) is 0.280. The first-order valence-corrected chi connectivity index (χ1v) is 6.61. The molecule has 1 aliphatic carbocycles. The second-order valence-corrected chi connectivity index (χ2v) is 5.98. The average Bonchev–Trinajstić information content (AvgIpc) is 2.65. The van der Waals surface area contributed by atoms with Crippen molar-refractivity contribution in [1.82, 2.24) is 0 Å². The predicted molar refractivity (Wildman–Crippen MR) is 54.7 cm³/mol. The second-order valence-electron chi connectivity index (χ2n) is 3.58. The lowest BCUT2D eigenvalue weighted by molar-refractivity contribution is 0.577. The molecule has 1 fully saturated rings. The third-order valence-corrected chi connectivity index (χ3v) is 4.91. The summed E-state index contributed by atoms with van der Waals surface area (Å²) in [6, 6.07) is 0. The van der Waals surface area contributed by atoms with E-state index in [0.29, 0.717) is 6.42 Å². The lowest BCUT2D eigenvalue weighted by atomic mass is 10.4. The summed E-state index contributed by atoms with van der Waals surface area (Å²) in [6.07, 6.45) is 4.12. The van der Waals surface area contributed by atoms with Crippen molar-refractivity contribution in [3.8, 4) is 0 Å². The zero-order valence-corrected chi connectivity index (χ0v) is 8.91. The Balaban J connectivity index is 2.37. The van der Waals surface area contributed by atoms with Crippen molar-refractivity contribution in [3.63, 3.8) is 0 Å². The van der Waals surface area contributed by atoms with Crippen LogP contribution in [0.25, 0.3) is 10.4 Å². The maximum Gasteiger partial charge on any atom is 0.153 e. The number of hydrogen-bond acceptors (Lipinski definition) is 3. The van der Waals surface area contributed by atoms with Gasteiger partial charge in [-0.05, 0) is 24.8 Å². The summed E-state index contributed by atoms with van der Waals surface area (Å²) in [5.74, 6) is 0.163. The van der Waals surface area contributed by atoms with E-state index >= 15 is 0 Å². The fourth-order valence-electron chi connectivity index (χ4n) is 1.80. The number of rotatable bonds is 5. The van der Waals surface area contributed by atoms with Gasteiger partial charge in [-0.25, -0.2) is 8.42 Å². The summed E-state index contributed by atoms with van der Waals surface area (Å²) < 4.78 is 23.3. The maximum absolute atomic E-state index is 11.7. The highest BCUT2D eigenvalue weighted by atomic mass is 32.2. The van der Waals surface area contributed by atoms with E-state index in [-0.39, 0.29) is 17.5 Å². The highest BCUT2D eigenvalue weighted by Gasteiger charge is 2.27. The summed E-state index contributed by atoms with van der Waals surface area (Å²) in [5, 5.41) is 3.19. The van der Waals surface area contributed by atoms with Crippen LogP contribution in [0, 0.1) is 0 Å². The largest absolute Gasteiger partial charge is 0.229 e. The van der Waals surface area contributed by atoms with E-state index in [1.807, 2.05) is 0 Å². The first kappa shape index (κ1) is 11.3. The number of nitrogens with zero attached hydrogens (tertiary/aromatic N) is 3. The average molecular weight is 217 g/mol. The number of hydrogen-bond donors (Lipinski definition) is 0. The molecule has 80 valence electrons. The van der Waals surface area contributed by atoms with Gasteiger partial charge in [0.1, 0.15) is 0 Å². The molecule has 1 rings (SSSR count). The molecule has 0 atom stereocenters. The number of azide groups is 1. The van der Waals surface area contributed by atoms with Gasteiger partial charge >= 0.3 is 0 Å². The summed E-state index contributed by atoms with van der Waals surface area (Å²) >= 11 is 0. The predicted octanol–water partition coefficient (Wildman–Crippen LogP) is 2.04. The number of sulfone groups is 1. The minimum absolute atomic E-state index is 0.131. The first-order valence-electron chi connectivity index (χ1n) is 4.89. The Morgan fingerprint density at radius 2 is 2.00 bits per heavy atom. The third kappa shape index (κ3) is 3.20. The monoisotopic (exact) mass is 217 g/mol. The van der Waals surface area contributed by atoms with Crippen LogP contribution in [0.15, 0.2) is 5.11 Å². The van der Waals surface area contributed by atoms with Gasteiger partial charge in [0.2, 0.25) is 0 Å². The molecule has 0 heterocycles. The van der Waals surface area contributed by atoms with Gasteiger partial charge in [0.15, 0.2) is 9.84 Å². The molecular formula is C8H15N3O2S. The Morgan fingerprint density at radius 1 is 1.36 bits per heavy atom. The second kappa shape index (κ2) is 5.22. The molecule has 1 aliphatic rings. The van der Waals surface area contributed by atoms with Crippen molar-refractivity contribution in [3.05, 3.63) is 10.4 Å². The minimum Gasteiger partial charge on any atom is -0.229 e. The quantitative estimate of drug-likeness (QED) is 0.305. The van der Waals surface area contributed by atoms with E-state index in [4.69, 9.17) is 5.53 Å². The van der Waals surface area contributed by atoms with Gasteiger partial charge in [-0.2, -0.15) is 0 Å². The molecule has 0 bridgehead atoms. The highest BCUT2D eigenvalue weighted by molar-refractivity contribution is 7.92. The summed E-state index contributed by atoms with van der Waals surface area (Å²) in [7, 11) is -2.92. The van der Waals surface area contributed by atoms with E-state index in [1.54, 1.807) is 0 Å². The normalized spacial score (nSPS) is 18.0. The summed E-state index contributed by atoms with van der Waals surface area (Å²) in [4.78, 5) is 2.58. The van der Waals surface area contributed by atoms with Gasteiger partial charge in [-0.1, -0.05) is 18.0 Å². The van der Waals surface area contributed by atoms with Gasteiger partial charge in [0.25, 0.3) is 0 Å². The SMILES string of the molecule is [N-]=[N+]=NCCCS(=O)(=O)C1CCCC1. The molecule has 0 saturated heterocycles. The molecule has 0 aromatic heterocycles. The van der Waals surface area contributed by atoms with E-state index in [0.717, 1.165) is 25.7 Å². The smallest absolute Gasteiger partial charge is 0.153 e. The van der Waals surface area contributed by atoms with Crippen LogP contribution in [0.2, 0.25) is 0 Å². The van der Waals surface area contributed by atoms with Crippen molar-refractivity contribution >= 4 is 9.84 Å². The molecule has 0 aliphatic heterocycles. The Bertz CT molecular complexity index is 313. The third-order valence-electron chi connectivity index (χ3n) is 2.56. The fraction of sp³-hybridized carbons (Fsp3) is 1.00. The van der Waals surface area contributed by atoms with Crippen molar-refractivity contribution in [2.75, 3.05) is 12.3 Å². The van der Waals surface area contributed by atoms with E-state index in [1.165, 1.54) is 0 Å². The van der Waals surface area contributed by atoms with Crippen LogP contribution in [0.4, 0.5) is 0 Å². The Labute approximate surface area is 84.0 Å². The first-order chi connectivity index (χ1) is 6.67. The molecule has 0 aromatic rings. The maximum atomic E-state index is 11.7. The van der Waals surface area contributed by atoms with Crippen LogP contribution in [0.1, 0.15) is 32.1 Å². The van der Waals surface area contributed by atoms with E-state index in [2.05, 4.69) is 10.0 Å².